The van der Waals surface area contributed by atoms with Crippen molar-refractivity contribution in [1.29, 1.82) is 5.26 Å². The van der Waals surface area contributed by atoms with Crippen molar-refractivity contribution >= 4 is 17.9 Å². The molecule has 1 aromatic heterocycles. The van der Waals surface area contributed by atoms with Crippen LogP contribution in [-0.4, -0.2) is 49.2 Å². The smallest absolute Gasteiger partial charge is 0.325 e. The summed E-state index contributed by atoms with van der Waals surface area (Å²) in [5.41, 5.74) is 0.129. The molecule has 0 aliphatic carbocycles. The summed E-state index contributed by atoms with van der Waals surface area (Å²) in [6.07, 6.45) is 1.36. The standard InChI is InChI=1S/C11H12N4O4/c1-18-9(16)6-15(7-10(17)19-2)11-13-4-3-8(5-12)14-11/h3-4H,6-7H2,1-2H3. The van der Waals surface area contributed by atoms with Crippen LogP contribution < -0.4 is 4.90 Å². The van der Waals surface area contributed by atoms with Gasteiger partial charge in [-0.1, -0.05) is 0 Å². The average molecular weight is 264 g/mol. The molecular formula is C11H12N4O4. The minimum absolute atomic E-state index is 0.0786. The van der Waals surface area contributed by atoms with E-state index in [1.165, 1.54) is 31.4 Å². The zero-order valence-electron chi connectivity index (χ0n) is 10.5. The minimum Gasteiger partial charge on any atom is -0.468 e. The van der Waals surface area contributed by atoms with Crippen molar-refractivity contribution in [2.45, 2.75) is 0 Å². The predicted molar refractivity (Wildman–Crippen MR) is 63.0 cm³/mol. The van der Waals surface area contributed by atoms with Gasteiger partial charge >= 0.3 is 11.9 Å². The van der Waals surface area contributed by atoms with E-state index in [0.29, 0.717) is 0 Å². The average Bonchev–Trinajstić information content (AvgIpc) is 2.46. The van der Waals surface area contributed by atoms with E-state index in [4.69, 9.17) is 5.26 Å². The van der Waals surface area contributed by atoms with Gasteiger partial charge in [0, 0.05) is 6.20 Å². The number of carbonyl (C=O) groups is 2. The fourth-order valence-electron chi connectivity index (χ4n) is 1.20. The number of methoxy groups -OCH3 is 2. The van der Waals surface area contributed by atoms with Crippen molar-refractivity contribution in [3.8, 4) is 6.07 Å². The normalized spacial score (nSPS) is 9.32. The lowest BCUT2D eigenvalue weighted by molar-refractivity contribution is -0.140. The zero-order chi connectivity index (χ0) is 14.3. The molecule has 8 heteroatoms. The molecule has 0 aliphatic rings. The van der Waals surface area contributed by atoms with Gasteiger partial charge in [0.25, 0.3) is 0 Å². The minimum atomic E-state index is -0.560. The molecule has 0 atom stereocenters. The maximum absolute atomic E-state index is 11.3. The van der Waals surface area contributed by atoms with Crippen molar-refractivity contribution < 1.29 is 19.1 Å². The fourth-order valence-corrected chi connectivity index (χ4v) is 1.20. The number of ether oxygens (including phenoxy) is 2. The summed E-state index contributed by atoms with van der Waals surface area (Å²) in [6, 6.07) is 3.26. The van der Waals surface area contributed by atoms with Gasteiger partial charge in [-0.15, -0.1) is 0 Å². The van der Waals surface area contributed by atoms with Crippen LogP contribution in [0.2, 0.25) is 0 Å². The Morgan fingerprint density at radius 2 is 1.89 bits per heavy atom. The first-order chi connectivity index (χ1) is 9.10. The molecule has 0 radical (unpaired) electrons. The summed E-state index contributed by atoms with van der Waals surface area (Å²) < 4.78 is 9.04. The Morgan fingerprint density at radius 1 is 1.32 bits per heavy atom. The first kappa shape index (κ1) is 14.4. The third-order valence-electron chi connectivity index (χ3n) is 2.14. The van der Waals surface area contributed by atoms with Crippen LogP contribution in [0.1, 0.15) is 5.69 Å². The maximum Gasteiger partial charge on any atom is 0.325 e. The highest BCUT2D eigenvalue weighted by Gasteiger charge is 2.18. The summed E-state index contributed by atoms with van der Waals surface area (Å²) in [6.45, 7) is -0.443. The number of hydrogen-bond donors (Lipinski definition) is 0. The van der Waals surface area contributed by atoms with Gasteiger partial charge in [-0.25, -0.2) is 9.97 Å². The van der Waals surface area contributed by atoms with Crippen LogP contribution in [0, 0.1) is 11.3 Å². The fraction of sp³-hybridized carbons (Fsp3) is 0.364. The van der Waals surface area contributed by atoms with Crippen molar-refractivity contribution in [2.75, 3.05) is 32.2 Å². The van der Waals surface area contributed by atoms with E-state index >= 15 is 0 Å². The first-order valence-corrected chi connectivity index (χ1v) is 5.22. The van der Waals surface area contributed by atoms with Crippen LogP contribution in [0.25, 0.3) is 0 Å². The van der Waals surface area contributed by atoms with Crippen LogP contribution in [0.5, 0.6) is 0 Å². The molecule has 0 spiro atoms. The molecule has 1 heterocycles. The number of hydrogen-bond acceptors (Lipinski definition) is 8. The Balaban J connectivity index is 2.97. The number of carbonyl (C=O) groups excluding carboxylic acids is 2. The van der Waals surface area contributed by atoms with Crippen LogP contribution in [0.15, 0.2) is 12.3 Å². The quantitative estimate of drug-likeness (QED) is 0.655. The van der Waals surface area contributed by atoms with Gasteiger partial charge in [-0.3, -0.25) is 9.59 Å². The van der Waals surface area contributed by atoms with Crippen molar-refractivity contribution in [1.82, 2.24) is 9.97 Å². The van der Waals surface area contributed by atoms with Crippen molar-refractivity contribution in [2.24, 2.45) is 0 Å². The van der Waals surface area contributed by atoms with Crippen LogP contribution >= 0.6 is 0 Å². The largest absolute Gasteiger partial charge is 0.468 e. The molecular weight excluding hydrogens is 252 g/mol. The second-order valence-corrected chi connectivity index (χ2v) is 3.36. The van der Waals surface area contributed by atoms with Gasteiger partial charge in [-0.05, 0) is 6.07 Å². The van der Waals surface area contributed by atoms with E-state index < -0.39 is 11.9 Å². The number of aromatic nitrogens is 2. The number of nitriles is 1. The molecule has 0 saturated heterocycles. The molecule has 8 nitrogen and oxygen atoms in total. The Bertz CT molecular complexity index is 494. The number of nitrogens with zero attached hydrogens (tertiary/aromatic N) is 4. The van der Waals surface area contributed by atoms with E-state index in [1.807, 2.05) is 6.07 Å². The molecule has 0 saturated carbocycles. The third-order valence-corrected chi connectivity index (χ3v) is 2.14. The zero-order valence-corrected chi connectivity index (χ0v) is 10.5. The van der Waals surface area contributed by atoms with Gasteiger partial charge in [0.2, 0.25) is 5.95 Å². The molecule has 0 aromatic carbocycles. The Hall–Kier alpha value is -2.69. The van der Waals surface area contributed by atoms with E-state index in [1.54, 1.807) is 0 Å². The van der Waals surface area contributed by atoms with Gasteiger partial charge in [-0.2, -0.15) is 5.26 Å². The predicted octanol–water partition coefficient (Wildman–Crippen LogP) is -0.499. The number of rotatable bonds is 5. The second-order valence-electron chi connectivity index (χ2n) is 3.36. The van der Waals surface area contributed by atoms with Crippen LogP contribution in [0.4, 0.5) is 5.95 Å². The number of esters is 2. The van der Waals surface area contributed by atoms with E-state index in [0.717, 1.165) is 0 Å². The lowest BCUT2D eigenvalue weighted by Crippen LogP contribution is -2.36. The molecule has 1 aromatic rings. The SMILES string of the molecule is COC(=O)CN(CC(=O)OC)c1nccc(C#N)n1. The van der Waals surface area contributed by atoms with E-state index in [2.05, 4.69) is 19.4 Å². The topological polar surface area (TPSA) is 105 Å². The molecule has 1 rings (SSSR count). The van der Waals surface area contributed by atoms with Gasteiger partial charge in [0.15, 0.2) is 0 Å². The summed E-state index contributed by atoms with van der Waals surface area (Å²) in [5, 5.41) is 8.76. The number of anilines is 1. The van der Waals surface area contributed by atoms with Gasteiger partial charge in [0.1, 0.15) is 24.9 Å². The highest BCUT2D eigenvalue weighted by Crippen LogP contribution is 2.07. The summed E-state index contributed by atoms with van der Waals surface area (Å²) in [7, 11) is 2.45. The van der Waals surface area contributed by atoms with Gasteiger partial charge < -0.3 is 14.4 Å². The summed E-state index contributed by atoms with van der Waals surface area (Å²) >= 11 is 0. The van der Waals surface area contributed by atoms with E-state index in [9.17, 15) is 9.59 Å². The van der Waals surface area contributed by atoms with Crippen LogP contribution in [0.3, 0.4) is 0 Å². The Labute approximate surface area is 109 Å². The molecule has 0 amide bonds. The molecule has 0 aliphatic heterocycles. The van der Waals surface area contributed by atoms with E-state index in [-0.39, 0.29) is 24.7 Å². The molecule has 0 N–H and O–H groups in total. The maximum atomic E-state index is 11.3. The van der Waals surface area contributed by atoms with Crippen LogP contribution in [-0.2, 0) is 19.1 Å². The molecule has 100 valence electrons. The third kappa shape index (κ3) is 4.23. The van der Waals surface area contributed by atoms with Crippen molar-refractivity contribution in [3.05, 3.63) is 18.0 Å². The molecule has 19 heavy (non-hydrogen) atoms. The molecule has 0 bridgehead atoms. The lowest BCUT2D eigenvalue weighted by atomic mass is 10.4. The summed E-state index contributed by atoms with van der Waals surface area (Å²) in [5.74, 6) is -1.04. The second kappa shape index (κ2) is 6.90. The molecule has 0 unspecified atom stereocenters. The monoisotopic (exact) mass is 264 g/mol. The van der Waals surface area contributed by atoms with Gasteiger partial charge in [0.05, 0.1) is 14.2 Å². The lowest BCUT2D eigenvalue weighted by Gasteiger charge is -2.19. The summed E-state index contributed by atoms with van der Waals surface area (Å²) in [4.78, 5) is 31.6. The van der Waals surface area contributed by atoms with Crippen molar-refractivity contribution in [3.63, 3.8) is 0 Å². The Kier molecular flexibility index (Phi) is 5.22. The Morgan fingerprint density at radius 3 is 2.37 bits per heavy atom. The highest BCUT2D eigenvalue weighted by molar-refractivity contribution is 5.80. The first-order valence-electron chi connectivity index (χ1n) is 5.22. The molecule has 0 fully saturated rings. The highest BCUT2D eigenvalue weighted by atomic mass is 16.5.